The molecule has 1 atom stereocenters. The van der Waals surface area contributed by atoms with E-state index in [9.17, 15) is 4.79 Å². The number of carbonyl (C=O) groups is 1. The predicted molar refractivity (Wildman–Crippen MR) is 53.6 cm³/mol. The Bertz CT molecular complexity index is 366. The Morgan fingerprint density at radius 3 is 2.93 bits per heavy atom. The predicted octanol–water partition coefficient (Wildman–Crippen LogP) is -0.272. The van der Waals surface area contributed by atoms with Crippen molar-refractivity contribution in [1.82, 2.24) is 4.98 Å². The Morgan fingerprint density at radius 1 is 1.57 bits per heavy atom. The van der Waals surface area contributed by atoms with Crippen molar-refractivity contribution < 1.29 is 4.79 Å². The number of nitrogens with zero attached hydrogens (tertiary/aromatic N) is 2. The third kappa shape index (κ3) is 1.42. The Kier molecular flexibility index (Phi) is 2.09. The van der Waals surface area contributed by atoms with Crippen molar-refractivity contribution in [2.24, 2.45) is 5.73 Å². The molecular formula is C9H12N4O. The van der Waals surface area contributed by atoms with E-state index in [1.54, 1.807) is 23.4 Å². The average Bonchev–Trinajstić information content (AvgIpc) is 2.46. The second-order valence-electron chi connectivity index (χ2n) is 3.40. The normalized spacial score (nSPS) is 21.6. The molecule has 5 nitrogen and oxygen atoms in total. The van der Waals surface area contributed by atoms with Crippen molar-refractivity contribution in [1.29, 1.82) is 0 Å². The Morgan fingerprint density at radius 2 is 2.36 bits per heavy atom. The van der Waals surface area contributed by atoms with E-state index >= 15 is 0 Å². The maximum absolute atomic E-state index is 11.5. The summed E-state index contributed by atoms with van der Waals surface area (Å²) in [6, 6.07) is 1.58. The SMILES string of the molecule is Nc1ccncc1N1CC(N)CC1=O. The van der Waals surface area contributed by atoms with Gasteiger partial charge in [-0.15, -0.1) is 0 Å². The maximum atomic E-state index is 11.5. The molecule has 1 aliphatic heterocycles. The number of nitrogen functional groups attached to an aromatic ring is 1. The lowest BCUT2D eigenvalue weighted by atomic mass is 10.3. The zero-order chi connectivity index (χ0) is 10.1. The number of nitrogens with two attached hydrogens (primary N) is 2. The summed E-state index contributed by atoms with van der Waals surface area (Å²) >= 11 is 0. The monoisotopic (exact) mass is 192 g/mol. The molecule has 1 unspecified atom stereocenters. The molecule has 1 aliphatic rings. The fourth-order valence-corrected chi connectivity index (χ4v) is 1.59. The molecule has 1 aromatic rings. The highest BCUT2D eigenvalue weighted by molar-refractivity contribution is 5.98. The van der Waals surface area contributed by atoms with Crippen molar-refractivity contribution in [2.45, 2.75) is 12.5 Å². The first kappa shape index (κ1) is 8.96. The van der Waals surface area contributed by atoms with E-state index in [1.165, 1.54) is 0 Å². The first-order valence-electron chi connectivity index (χ1n) is 4.44. The topological polar surface area (TPSA) is 85.2 Å². The fraction of sp³-hybridized carbons (Fsp3) is 0.333. The standard InChI is InChI=1S/C9H12N4O/c10-6-3-9(14)13(5-6)8-4-12-2-1-7(8)11/h1-2,4,6H,3,5,10H2,(H2,11,12). The summed E-state index contributed by atoms with van der Waals surface area (Å²) in [7, 11) is 0. The molecule has 2 rings (SSSR count). The number of aromatic nitrogens is 1. The van der Waals surface area contributed by atoms with Gasteiger partial charge in [-0.3, -0.25) is 9.78 Å². The molecule has 0 saturated carbocycles. The molecule has 1 saturated heterocycles. The van der Waals surface area contributed by atoms with Crippen LogP contribution in [-0.4, -0.2) is 23.5 Å². The number of carbonyl (C=O) groups excluding carboxylic acids is 1. The number of pyridine rings is 1. The van der Waals surface area contributed by atoms with Gasteiger partial charge in [0.1, 0.15) is 0 Å². The second-order valence-corrected chi connectivity index (χ2v) is 3.40. The smallest absolute Gasteiger partial charge is 0.228 e. The van der Waals surface area contributed by atoms with Crippen LogP contribution in [-0.2, 0) is 4.79 Å². The lowest BCUT2D eigenvalue weighted by molar-refractivity contribution is -0.117. The first-order valence-corrected chi connectivity index (χ1v) is 4.44. The van der Waals surface area contributed by atoms with E-state index in [1.807, 2.05) is 0 Å². The lowest BCUT2D eigenvalue weighted by Crippen LogP contribution is -2.28. The van der Waals surface area contributed by atoms with Crippen molar-refractivity contribution in [3.8, 4) is 0 Å². The van der Waals surface area contributed by atoms with Crippen LogP contribution in [0.4, 0.5) is 11.4 Å². The van der Waals surface area contributed by atoms with Crippen LogP contribution in [0.25, 0.3) is 0 Å². The van der Waals surface area contributed by atoms with E-state index in [0.29, 0.717) is 24.3 Å². The van der Waals surface area contributed by atoms with E-state index in [4.69, 9.17) is 11.5 Å². The zero-order valence-corrected chi connectivity index (χ0v) is 7.68. The van der Waals surface area contributed by atoms with Crippen molar-refractivity contribution in [2.75, 3.05) is 17.2 Å². The highest BCUT2D eigenvalue weighted by Crippen LogP contribution is 2.25. The largest absolute Gasteiger partial charge is 0.397 e. The van der Waals surface area contributed by atoms with Gasteiger partial charge in [0.25, 0.3) is 0 Å². The van der Waals surface area contributed by atoms with Gasteiger partial charge >= 0.3 is 0 Å². The molecule has 74 valence electrons. The molecule has 0 radical (unpaired) electrons. The molecule has 4 N–H and O–H groups in total. The van der Waals surface area contributed by atoms with Gasteiger partial charge in [0.2, 0.25) is 5.91 Å². The minimum atomic E-state index is -0.0953. The molecule has 5 heteroatoms. The van der Waals surface area contributed by atoms with Crippen molar-refractivity contribution in [3.63, 3.8) is 0 Å². The summed E-state index contributed by atoms with van der Waals surface area (Å²) in [6.07, 6.45) is 3.57. The number of anilines is 2. The molecular weight excluding hydrogens is 180 g/mol. The fourth-order valence-electron chi connectivity index (χ4n) is 1.59. The quantitative estimate of drug-likeness (QED) is 0.641. The van der Waals surface area contributed by atoms with Crippen molar-refractivity contribution >= 4 is 17.3 Å². The molecule has 0 aromatic carbocycles. The Labute approximate surface area is 81.7 Å². The second kappa shape index (κ2) is 3.26. The number of rotatable bonds is 1. The molecule has 0 spiro atoms. The van der Waals surface area contributed by atoms with Gasteiger partial charge in [-0.2, -0.15) is 0 Å². The summed E-state index contributed by atoms with van der Waals surface area (Å²) in [5.74, 6) is 0.0113. The summed E-state index contributed by atoms with van der Waals surface area (Å²) < 4.78 is 0. The number of amides is 1. The van der Waals surface area contributed by atoms with Crippen LogP contribution in [0.3, 0.4) is 0 Å². The van der Waals surface area contributed by atoms with Crippen LogP contribution in [0.2, 0.25) is 0 Å². The maximum Gasteiger partial charge on any atom is 0.228 e. The molecule has 0 bridgehead atoms. The summed E-state index contributed by atoms with van der Waals surface area (Å²) in [5, 5.41) is 0. The van der Waals surface area contributed by atoms with Crippen molar-refractivity contribution in [3.05, 3.63) is 18.5 Å². The molecule has 1 fully saturated rings. The Balaban J connectivity index is 2.32. The van der Waals surface area contributed by atoms with E-state index in [0.717, 1.165) is 0 Å². The van der Waals surface area contributed by atoms with Gasteiger partial charge in [-0.25, -0.2) is 0 Å². The van der Waals surface area contributed by atoms with Crippen LogP contribution < -0.4 is 16.4 Å². The first-order chi connectivity index (χ1) is 6.68. The lowest BCUT2D eigenvalue weighted by Gasteiger charge is -2.17. The Hall–Kier alpha value is -1.62. The highest BCUT2D eigenvalue weighted by Gasteiger charge is 2.29. The van der Waals surface area contributed by atoms with Crippen LogP contribution in [0.5, 0.6) is 0 Å². The van der Waals surface area contributed by atoms with E-state index in [-0.39, 0.29) is 11.9 Å². The third-order valence-electron chi connectivity index (χ3n) is 2.28. The van der Waals surface area contributed by atoms with Crippen LogP contribution in [0, 0.1) is 0 Å². The van der Waals surface area contributed by atoms with Crippen LogP contribution in [0.15, 0.2) is 18.5 Å². The molecule has 14 heavy (non-hydrogen) atoms. The zero-order valence-electron chi connectivity index (χ0n) is 7.68. The molecule has 2 heterocycles. The summed E-state index contributed by atoms with van der Waals surface area (Å²) in [4.78, 5) is 17.0. The van der Waals surface area contributed by atoms with Gasteiger partial charge < -0.3 is 16.4 Å². The third-order valence-corrected chi connectivity index (χ3v) is 2.28. The average molecular weight is 192 g/mol. The molecule has 0 aliphatic carbocycles. The number of hydrogen-bond acceptors (Lipinski definition) is 4. The van der Waals surface area contributed by atoms with Gasteiger partial charge in [0.15, 0.2) is 0 Å². The minimum absolute atomic E-state index is 0.0113. The van der Waals surface area contributed by atoms with Gasteiger partial charge in [0, 0.05) is 25.2 Å². The van der Waals surface area contributed by atoms with E-state index in [2.05, 4.69) is 4.98 Å². The van der Waals surface area contributed by atoms with E-state index < -0.39 is 0 Å². The summed E-state index contributed by atoms with van der Waals surface area (Å²) in [5.41, 5.74) is 12.6. The molecule has 1 amide bonds. The molecule has 1 aromatic heterocycles. The minimum Gasteiger partial charge on any atom is -0.397 e. The van der Waals surface area contributed by atoms with Gasteiger partial charge in [-0.1, -0.05) is 0 Å². The van der Waals surface area contributed by atoms with Crippen LogP contribution in [0.1, 0.15) is 6.42 Å². The van der Waals surface area contributed by atoms with Crippen LogP contribution >= 0.6 is 0 Å². The summed E-state index contributed by atoms with van der Waals surface area (Å²) in [6.45, 7) is 0.523. The highest BCUT2D eigenvalue weighted by atomic mass is 16.2. The number of hydrogen-bond donors (Lipinski definition) is 2. The van der Waals surface area contributed by atoms with Gasteiger partial charge in [-0.05, 0) is 6.07 Å². The van der Waals surface area contributed by atoms with Gasteiger partial charge in [0.05, 0.1) is 17.6 Å².